The van der Waals surface area contributed by atoms with Crippen LogP contribution in [0.1, 0.15) is 17.3 Å². The maximum atomic E-state index is 11.7. The molecule has 0 radical (unpaired) electrons. The fourth-order valence-corrected chi connectivity index (χ4v) is 2.12. The van der Waals surface area contributed by atoms with Crippen molar-refractivity contribution < 1.29 is 4.79 Å². The number of thiophene rings is 1. The number of carbonyl (C=O) groups excluding carboxylic acids is 1. The van der Waals surface area contributed by atoms with E-state index in [0.29, 0.717) is 5.56 Å². The molecule has 0 unspecified atom stereocenters. The number of hydrogen-bond acceptors (Lipinski definition) is 3. The second-order valence-electron chi connectivity index (χ2n) is 2.86. The highest BCUT2D eigenvalue weighted by atomic mass is 32.1. The second kappa shape index (κ2) is 4.11. The molecule has 2 aromatic heterocycles. The lowest BCUT2D eigenvalue weighted by Gasteiger charge is -1.98. The molecule has 0 saturated heterocycles. The van der Waals surface area contributed by atoms with Crippen molar-refractivity contribution in [3.8, 4) is 12.0 Å². The van der Waals surface area contributed by atoms with Crippen molar-refractivity contribution in [3.05, 3.63) is 29.4 Å². The molecule has 0 bridgehead atoms. The Morgan fingerprint density at radius 2 is 2.40 bits per heavy atom. The Hall–Kier alpha value is -1.86. The van der Waals surface area contributed by atoms with Gasteiger partial charge in [0.25, 0.3) is 5.91 Å². The monoisotopic (exact) mass is 216 g/mol. The lowest BCUT2D eigenvalue weighted by Crippen LogP contribution is -2.17. The van der Waals surface area contributed by atoms with Crippen molar-refractivity contribution in [1.82, 2.24) is 10.3 Å². The molecule has 3 nitrogen and oxygen atoms in total. The molecule has 2 rings (SSSR count). The fourth-order valence-electron chi connectivity index (χ4n) is 1.24. The van der Waals surface area contributed by atoms with E-state index in [-0.39, 0.29) is 5.91 Å². The van der Waals surface area contributed by atoms with Crippen molar-refractivity contribution >= 4 is 27.3 Å². The first-order valence-corrected chi connectivity index (χ1v) is 5.24. The summed E-state index contributed by atoms with van der Waals surface area (Å²) in [6, 6.07) is 4.47. The summed E-state index contributed by atoms with van der Waals surface area (Å²) in [5.74, 6) is 2.41. The maximum absolute atomic E-state index is 11.7. The lowest BCUT2D eigenvalue weighted by atomic mass is 10.2. The topological polar surface area (TPSA) is 42.0 Å². The van der Waals surface area contributed by atoms with E-state index in [4.69, 9.17) is 0 Å². The molecule has 1 N–H and O–H groups in total. The van der Waals surface area contributed by atoms with Crippen LogP contribution in [0.4, 0.5) is 0 Å². The fraction of sp³-hybridized carbons (Fsp3) is 0.0909. The van der Waals surface area contributed by atoms with E-state index in [9.17, 15) is 4.79 Å². The van der Waals surface area contributed by atoms with Crippen LogP contribution in [-0.2, 0) is 0 Å². The Balaban J connectivity index is 2.45. The highest BCUT2D eigenvalue weighted by Crippen LogP contribution is 2.23. The van der Waals surface area contributed by atoms with Crippen LogP contribution in [0, 0.1) is 12.0 Å². The molecule has 0 fully saturated rings. The molecule has 0 aromatic carbocycles. The first kappa shape index (κ1) is 9.69. The van der Waals surface area contributed by atoms with E-state index in [1.165, 1.54) is 11.3 Å². The van der Waals surface area contributed by atoms with Crippen molar-refractivity contribution in [2.75, 3.05) is 0 Å². The van der Waals surface area contributed by atoms with Crippen LogP contribution in [0.15, 0.2) is 23.8 Å². The third-order valence-corrected chi connectivity index (χ3v) is 2.87. The molecule has 0 aliphatic carbocycles. The van der Waals surface area contributed by atoms with Gasteiger partial charge >= 0.3 is 0 Å². The number of carbonyl (C=O) groups is 1. The highest BCUT2D eigenvalue weighted by Gasteiger charge is 2.09. The van der Waals surface area contributed by atoms with Gasteiger partial charge in [0.1, 0.15) is 0 Å². The summed E-state index contributed by atoms with van der Waals surface area (Å²) in [4.78, 5) is 15.7. The molecule has 1 amide bonds. The van der Waals surface area contributed by atoms with Crippen LogP contribution < -0.4 is 5.32 Å². The number of rotatable bonds is 1. The zero-order chi connectivity index (χ0) is 10.7. The number of nitrogens with one attached hydrogen (secondary N) is 1. The number of amides is 1. The lowest BCUT2D eigenvalue weighted by molar-refractivity contribution is 0.0975. The molecule has 0 spiro atoms. The predicted molar refractivity (Wildman–Crippen MR) is 60.5 cm³/mol. The molecule has 0 saturated carbocycles. The summed E-state index contributed by atoms with van der Waals surface area (Å²) in [6.45, 7) is 1.67. The molecular weight excluding hydrogens is 208 g/mol. The first-order chi connectivity index (χ1) is 7.33. The van der Waals surface area contributed by atoms with Gasteiger partial charge in [0.15, 0.2) is 0 Å². The number of fused-ring (bicyclic) bond motifs is 1. The van der Waals surface area contributed by atoms with E-state index in [0.717, 1.165) is 10.1 Å². The van der Waals surface area contributed by atoms with E-state index in [2.05, 4.69) is 22.3 Å². The van der Waals surface area contributed by atoms with Crippen LogP contribution in [0.5, 0.6) is 0 Å². The first-order valence-electron chi connectivity index (χ1n) is 4.36. The number of aromatic nitrogens is 1. The SMILES string of the molecule is CC#CNC(=O)c1cncc2ccsc12. The van der Waals surface area contributed by atoms with E-state index in [1.807, 2.05) is 11.4 Å². The molecule has 0 aliphatic rings. The Morgan fingerprint density at radius 1 is 1.53 bits per heavy atom. The Kier molecular flexibility index (Phi) is 2.66. The quantitative estimate of drug-likeness (QED) is 0.585. The minimum atomic E-state index is -0.204. The molecular formula is C11H8N2OS. The van der Waals surface area contributed by atoms with Gasteiger partial charge in [0, 0.05) is 23.8 Å². The van der Waals surface area contributed by atoms with Gasteiger partial charge in [-0.3, -0.25) is 15.1 Å². The second-order valence-corrected chi connectivity index (χ2v) is 3.77. The Bertz CT molecular complexity index is 562. The van der Waals surface area contributed by atoms with Crippen LogP contribution in [0.25, 0.3) is 10.1 Å². The van der Waals surface area contributed by atoms with E-state index < -0.39 is 0 Å². The standard InChI is InChI=1S/C11H8N2OS/c1-2-4-13-11(14)9-7-12-6-8-3-5-15-10(8)9/h3,5-7H,1H3,(H,13,14). The average molecular weight is 216 g/mol. The smallest absolute Gasteiger partial charge is 0.265 e. The third kappa shape index (κ3) is 1.83. The largest absolute Gasteiger partial charge is 0.281 e. The molecule has 74 valence electrons. The van der Waals surface area contributed by atoms with Crippen LogP contribution >= 0.6 is 11.3 Å². The molecule has 2 heterocycles. The summed E-state index contributed by atoms with van der Waals surface area (Å²) in [5.41, 5.74) is 0.574. The van der Waals surface area contributed by atoms with Crippen LogP contribution in [-0.4, -0.2) is 10.9 Å². The molecule has 0 atom stereocenters. The van der Waals surface area contributed by atoms with Gasteiger partial charge in [0.05, 0.1) is 10.3 Å². The van der Waals surface area contributed by atoms with Crippen molar-refractivity contribution in [2.45, 2.75) is 6.92 Å². The van der Waals surface area contributed by atoms with Crippen molar-refractivity contribution in [1.29, 1.82) is 0 Å². The van der Waals surface area contributed by atoms with Gasteiger partial charge in [0.2, 0.25) is 0 Å². The van der Waals surface area contributed by atoms with Crippen LogP contribution in [0.3, 0.4) is 0 Å². The zero-order valence-electron chi connectivity index (χ0n) is 8.07. The molecule has 4 heteroatoms. The minimum Gasteiger partial charge on any atom is -0.281 e. The van der Waals surface area contributed by atoms with Crippen LogP contribution in [0.2, 0.25) is 0 Å². The third-order valence-electron chi connectivity index (χ3n) is 1.90. The van der Waals surface area contributed by atoms with Crippen molar-refractivity contribution in [2.24, 2.45) is 0 Å². The number of pyridine rings is 1. The summed E-state index contributed by atoms with van der Waals surface area (Å²) in [7, 11) is 0. The number of nitrogens with zero attached hydrogens (tertiary/aromatic N) is 1. The molecule has 0 aliphatic heterocycles. The van der Waals surface area contributed by atoms with Crippen molar-refractivity contribution in [3.63, 3.8) is 0 Å². The van der Waals surface area contributed by atoms with E-state index >= 15 is 0 Å². The minimum absolute atomic E-state index is 0.204. The zero-order valence-corrected chi connectivity index (χ0v) is 8.89. The van der Waals surface area contributed by atoms with Gasteiger partial charge in [-0.1, -0.05) is 5.92 Å². The number of hydrogen-bond donors (Lipinski definition) is 1. The normalized spacial score (nSPS) is 9.40. The van der Waals surface area contributed by atoms with Gasteiger partial charge in [-0.25, -0.2) is 0 Å². The maximum Gasteiger partial charge on any atom is 0.265 e. The predicted octanol–water partition coefficient (Wildman–Crippen LogP) is 2.01. The Labute approximate surface area is 91.1 Å². The molecule has 15 heavy (non-hydrogen) atoms. The average Bonchev–Trinajstić information content (AvgIpc) is 2.73. The summed E-state index contributed by atoms with van der Waals surface area (Å²) in [5, 5.41) is 5.42. The summed E-state index contributed by atoms with van der Waals surface area (Å²) in [6.07, 6.45) is 3.31. The van der Waals surface area contributed by atoms with Gasteiger partial charge in [-0.15, -0.1) is 11.3 Å². The van der Waals surface area contributed by atoms with E-state index in [1.54, 1.807) is 19.3 Å². The Morgan fingerprint density at radius 3 is 3.20 bits per heavy atom. The molecule has 2 aromatic rings. The summed E-state index contributed by atoms with van der Waals surface area (Å²) < 4.78 is 0.945. The highest BCUT2D eigenvalue weighted by molar-refractivity contribution is 7.17. The summed E-state index contributed by atoms with van der Waals surface area (Å²) >= 11 is 1.53. The van der Waals surface area contributed by atoms with Gasteiger partial charge < -0.3 is 0 Å². The van der Waals surface area contributed by atoms with Gasteiger partial charge in [-0.2, -0.15) is 0 Å². The van der Waals surface area contributed by atoms with Gasteiger partial charge in [-0.05, 0) is 18.4 Å².